The zero-order chi connectivity index (χ0) is 15.2. The fraction of sp³-hybridized carbons (Fsp3) is 0.412. The van der Waals surface area contributed by atoms with Crippen LogP contribution in [0.25, 0.3) is 0 Å². The molecule has 2 aromatic rings. The van der Waals surface area contributed by atoms with Gasteiger partial charge in [0, 0.05) is 17.6 Å². The van der Waals surface area contributed by atoms with Crippen molar-refractivity contribution in [2.75, 3.05) is 18.4 Å². The highest BCUT2D eigenvalue weighted by atomic mass is 32.1. The number of carbonyl (C=O) groups is 1. The summed E-state index contributed by atoms with van der Waals surface area (Å²) in [6.07, 6.45) is 6.95. The maximum Gasteiger partial charge on any atom is 0.266 e. The second-order valence-corrected chi connectivity index (χ2v) is 6.79. The number of thiophene rings is 1. The van der Waals surface area contributed by atoms with Gasteiger partial charge < -0.3 is 5.32 Å². The molecule has 0 saturated carbocycles. The zero-order valence-corrected chi connectivity index (χ0v) is 13.4. The second kappa shape index (κ2) is 7.51. The third-order valence-electron chi connectivity index (χ3n) is 3.87. The van der Waals surface area contributed by atoms with Gasteiger partial charge in [-0.15, -0.1) is 11.3 Å². The number of likely N-dealkylation sites (tertiary alicyclic amines) is 1. The van der Waals surface area contributed by atoms with E-state index in [1.807, 2.05) is 18.2 Å². The molecule has 1 aliphatic heterocycles. The van der Waals surface area contributed by atoms with E-state index in [1.54, 1.807) is 23.6 Å². The molecule has 3 rings (SSSR count). The van der Waals surface area contributed by atoms with E-state index in [4.69, 9.17) is 0 Å². The largest absolute Gasteiger partial charge is 0.306 e. The van der Waals surface area contributed by atoms with Crippen LogP contribution in [0.5, 0.6) is 0 Å². The summed E-state index contributed by atoms with van der Waals surface area (Å²) in [5.74, 6) is 0.515. The highest BCUT2D eigenvalue weighted by Crippen LogP contribution is 2.21. The van der Waals surface area contributed by atoms with Gasteiger partial charge in [-0.05, 0) is 50.2 Å². The highest BCUT2D eigenvalue weighted by Gasteiger charge is 2.13. The maximum absolute atomic E-state index is 12.2. The number of nitrogens with one attached hydrogen (secondary N) is 1. The Kier molecular flexibility index (Phi) is 5.19. The zero-order valence-electron chi connectivity index (χ0n) is 12.6. The molecule has 0 unspecified atom stereocenters. The summed E-state index contributed by atoms with van der Waals surface area (Å²) in [5.41, 5.74) is 0. The lowest BCUT2D eigenvalue weighted by Crippen LogP contribution is -2.23. The molecule has 22 heavy (non-hydrogen) atoms. The van der Waals surface area contributed by atoms with Crippen LogP contribution in [-0.2, 0) is 6.54 Å². The lowest BCUT2D eigenvalue weighted by atomic mass is 10.2. The van der Waals surface area contributed by atoms with Crippen molar-refractivity contribution >= 4 is 23.1 Å². The van der Waals surface area contributed by atoms with Crippen molar-refractivity contribution in [3.8, 4) is 0 Å². The van der Waals surface area contributed by atoms with Gasteiger partial charge >= 0.3 is 0 Å². The Hall–Kier alpha value is -1.72. The van der Waals surface area contributed by atoms with Crippen molar-refractivity contribution in [2.45, 2.75) is 32.2 Å². The van der Waals surface area contributed by atoms with Crippen LogP contribution in [0.4, 0.5) is 5.82 Å². The van der Waals surface area contributed by atoms with E-state index in [9.17, 15) is 4.79 Å². The van der Waals surface area contributed by atoms with Crippen LogP contribution in [0, 0.1) is 0 Å². The smallest absolute Gasteiger partial charge is 0.266 e. The van der Waals surface area contributed by atoms with Crippen LogP contribution in [0.3, 0.4) is 0 Å². The van der Waals surface area contributed by atoms with Gasteiger partial charge in [0.25, 0.3) is 5.91 Å². The predicted molar refractivity (Wildman–Crippen MR) is 90.3 cm³/mol. The SMILES string of the molecule is O=C(Nc1ccccn1)c1ccc(CN2CCCCCC2)s1. The molecule has 1 fully saturated rings. The van der Waals surface area contributed by atoms with Crippen molar-refractivity contribution in [1.29, 1.82) is 0 Å². The molecule has 0 bridgehead atoms. The number of anilines is 1. The molecule has 2 aromatic heterocycles. The fourth-order valence-corrected chi connectivity index (χ4v) is 3.66. The van der Waals surface area contributed by atoms with Crippen LogP contribution in [0.2, 0.25) is 0 Å². The van der Waals surface area contributed by atoms with E-state index < -0.39 is 0 Å². The third kappa shape index (κ3) is 4.15. The summed E-state index contributed by atoms with van der Waals surface area (Å²) >= 11 is 1.58. The standard InChI is InChI=1S/C17H21N3OS/c21-17(19-16-7-3-4-10-18-16)15-9-8-14(22-15)13-20-11-5-1-2-6-12-20/h3-4,7-10H,1-2,5-6,11-13H2,(H,18,19,21). The molecule has 0 aliphatic carbocycles. The molecule has 1 N–H and O–H groups in total. The first-order chi connectivity index (χ1) is 10.8. The Balaban J connectivity index is 1.59. The number of amides is 1. The van der Waals surface area contributed by atoms with E-state index in [-0.39, 0.29) is 5.91 Å². The van der Waals surface area contributed by atoms with Crippen LogP contribution in [0.1, 0.15) is 40.2 Å². The third-order valence-corrected chi connectivity index (χ3v) is 4.94. The summed E-state index contributed by atoms with van der Waals surface area (Å²) in [6.45, 7) is 3.31. The van der Waals surface area contributed by atoms with Gasteiger partial charge in [-0.25, -0.2) is 4.98 Å². The normalized spacial score (nSPS) is 16.2. The average Bonchev–Trinajstić information content (AvgIpc) is 2.85. The Morgan fingerprint density at radius 1 is 1.14 bits per heavy atom. The molecule has 3 heterocycles. The fourth-order valence-electron chi connectivity index (χ4n) is 2.71. The lowest BCUT2D eigenvalue weighted by molar-refractivity contribution is 0.103. The number of pyridine rings is 1. The van der Waals surface area contributed by atoms with E-state index in [0.717, 1.165) is 11.4 Å². The summed E-state index contributed by atoms with van der Waals surface area (Å²) in [7, 11) is 0. The molecule has 0 radical (unpaired) electrons. The minimum absolute atomic E-state index is 0.0779. The molecule has 1 saturated heterocycles. The first-order valence-electron chi connectivity index (χ1n) is 7.85. The minimum atomic E-state index is -0.0779. The number of rotatable bonds is 4. The van der Waals surface area contributed by atoms with Gasteiger partial charge in [-0.1, -0.05) is 18.9 Å². The van der Waals surface area contributed by atoms with Gasteiger partial charge in [0.15, 0.2) is 0 Å². The minimum Gasteiger partial charge on any atom is -0.306 e. The maximum atomic E-state index is 12.2. The van der Waals surface area contributed by atoms with Crippen LogP contribution in [0.15, 0.2) is 36.5 Å². The molecule has 1 amide bonds. The quantitative estimate of drug-likeness (QED) is 0.934. The molecule has 116 valence electrons. The number of hydrogen-bond acceptors (Lipinski definition) is 4. The predicted octanol–water partition coefficient (Wildman–Crippen LogP) is 3.77. The molecule has 4 nitrogen and oxygen atoms in total. The van der Waals surface area contributed by atoms with Crippen molar-refractivity contribution in [3.05, 3.63) is 46.3 Å². The first kappa shape index (κ1) is 15.2. The van der Waals surface area contributed by atoms with Crippen LogP contribution < -0.4 is 5.32 Å². The Labute approximate surface area is 135 Å². The molecule has 0 aromatic carbocycles. The van der Waals surface area contributed by atoms with Crippen molar-refractivity contribution in [1.82, 2.24) is 9.88 Å². The number of nitrogens with zero attached hydrogens (tertiary/aromatic N) is 2. The van der Waals surface area contributed by atoms with Crippen LogP contribution >= 0.6 is 11.3 Å². The van der Waals surface area contributed by atoms with Crippen molar-refractivity contribution in [3.63, 3.8) is 0 Å². The first-order valence-corrected chi connectivity index (χ1v) is 8.66. The Morgan fingerprint density at radius 2 is 1.95 bits per heavy atom. The van der Waals surface area contributed by atoms with E-state index >= 15 is 0 Å². The lowest BCUT2D eigenvalue weighted by Gasteiger charge is -2.18. The number of carbonyl (C=O) groups excluding carboxylic acids is 1. The van der Waals surface area contributed by atoms with Gasteiger partial charge in [0.05, 0.1) is 4.88 Å². The van der Waals surface area contributed by atoms with Crippen LogP contribution in [-0.4, -0.2) is 28.9 Å². The molecule has 1 aliphatic rings. The second-order valence-electron chi connectivity index (χ2n) is 5.63. The van der Waals surface area contributed by atoms with Crippen molar-refractivity contribution < 1.29 is 4.79 Å². The average molecular weight is 315 g/mol. The van der Waals surface area contributed by atoms with Gasteiger partial charge in [-0.3, -0.25) is 9.69 Å². The molecular formula is C17H21N3OS. The van der Waals surface area contributed by atoms with Gasteiger partial charge in [0.2, 0.25) is 0 Å². The molecule has 0 spiro atoms. The summed E-state index contributed by atoms with van der Waals surface area (Å²) in [6, 6.07) is 9.48. The molecular weight excluding hydrogens is 294 g/mol. The Bertz CT molecular complexity index is 603. The Morgan fingerprint density at radius 3 is 2.68 bits per heavy atom. The van der Waals surface area contributed by atoms with Gasteiger partial charge in [0.1, 0.15) is 5.82 Å². The van der Waals surface area contributed by atoms with E-state index in [0.29, 0.717) is 5.82 Å². The summed E-state index contributed by atoms with van der Waals surface area (Å²) in [5, 5.41) is 2.83. The summed E-state index contributed by atoms with van der Waals surface area (Å²) in [4.78, 5) is 20.8. The van der Waals surface area contributed by atoms with E-state index in [2.05, 4.69) is 21.3 Å². The number of hydrogen-bond donors (Lipinski definition) is 1. The van der Waals surface area contributed by atoms with Gasteiger partial charge in [-0.2, -0.15) is 0 Å². The molecule has 5 heteroatoms. The summed E-state index contributed by atoms with van der Waals surface area (Å²) < 4.78 is 0. The van der Waals surface area contributed by atoms with Crippen molar-refractivity contribution in [2.24, 2.45) is 0 Å². The highest BCUT2D eigenvalue weighted by molar-refractivity contribution is 7.14. The number of aromatic nitrogens is 1. The molecule has 0 atom stereocenters. The van der Waals surface area contributed by atoms with E-state index in [1.165, 1.54) is 43.6 Å². The monoisotopic (exact) mass is 315 g/mol. The topological polar surface area (TPSA) is 45.2 Å².